The number of carboxylic acid groups (broad SMARTS) is 1. The molecule has 4 aromatic rings. The van der Waals surface area contributed by atoms with E-state index >= 15 is 4.39 Å². The molecule has 1 atom stereocenters. The van der Waals surface area contributed by atoms with Crippen LogP contribution in [0, 0.1) is 24.0 Å². The van der Waals surface area contributed by atoms with Gasteiger partial charge in [0, 0.05) is 42.4 Å². The maximum absolute atomic E-state index is 15.0. The van der Waals surface area contributed by atoms with Crippen LogP contribution in [0.25, 0.3) is 5.69 Å². The highest BCUT2D eigenvalue weighted by Crippen LogP contribution is 2.30. The number of hydrogen-bond acceptors (Lipinski definition) is 9. The Labute approximate surface area is 276 Å². The summed E-state index contributed by atoms with van der Waals surface area (Å²) in [5.41, 5.74) is -3.15. The van der Waals surface area contributed by atoms with Gasteiger partial charge in [-0.15, -0.1) is 11.3 Å². The minimum Gasteiger partial charge on any atom is -0.480 e. The smallest absolute Gasteiger partial charge is 0.335 e. The van der Waals surface area contributed by atoms with Crippen LogP contribution in [0.2, 0.25) is 0 Å². The lowest BCUT2D eigenvalue weighted by atomic mass is 9.96. The van der Waals surface area contributed by atoms with Crippen molar-refractivity contribution in [2.75, 3.05) is 10.0 Å². The molecular formula is C30H30F2N6O8S2. The number of hydrogen-bond donors (Lipinski definition) is 4. The molecule has 14 nitrogen and oxygen atoms in total. The van der Waals surface area contributed by atoms with Crippen LogP contribution < -0.4 is 26.6 Å². The Balaban J connectivity index is 1.49. The lowest BCUT2D eigenvalue weighted by Crippen LogP contribution is -2.43. The van der Waals surface area contributed by atoms with Crippen LogP contribution in [0.1, 0.15) is 42.4 Å². The zero-order valence-electron chi connectivity index (χ0n) is 26.1. The molecular weight excluding hydrogens is 674 g/mol. The second-order valence-corrected chi connectivity index (χ2v) is 14.7. The highest BCUT2D eigenvalue weighted by Gasteiger charge is 2.27. The van der Waals surface area contributed by atoms with Gasteiger partial charge in [0.15, 0.2) is 0 Å². The van der Waals surface area contributed by atoms with Gasteiger partial charge in [-0.1, -0.05) is 20.8 Å². The number of anilines is 2. The Hall–Kier alpha value is -5.23. The second-order valence-electron chi connectivity index (χ2n) is 11.7. The fraction of sp³-hybridized carbons (Fsp3) is 0.267. The quantitative estimate of drug-likeness (QED) is 0.192. The van der Waals surface area contributed by atoms with Gasteiger partial charge in [-0.3, -0.25) is 24.1 Å². The number of halogens is 2. The largest absolute Gasteiger partial charge is 0.480 e. The number of carbonyl (C=O) groups excluding carboxylic acids is 2. The van der Waals surface area contributed by atoms with Gasteiger partial charge in [0.25, 0.3) is 21.5 Å². The molecule has 4 N–H and O–H groups in total. The number of nitrogens with zero attached hydrogens (tertiary/aromatic N) is 3. The van der Waals surface area contributed by atoms with E-state index in [0.717, 1.165) is 4.57 Å². The second kappa shape index (κ2) is 13.5. The van der Waals surface area contributed by atoms with Crippen LogP contribution in [0.4, 0.5) is 19.5 Å². The molecule has 0 aliphatic heterocycles. The topological polar surface area (TPSA) is 199 Å². The van der Waals surface area contributed by atoms with Gasteiger partial charge in [0.05, 0.1) is 28.1 Å². The summed E-state index contributed by atoms with van der Waals surface area (Å²) < 4.78 is 59.4. The Morgan fingerprint density at radius 2 is 1.75 bits per heavy atom. The van der Waals surface area contributed by atoms with Crippen LogP contribution in [-0.2, 0) is 33.1 Å². The number of pyridine rings is 1. The fourth-order valence-electron chi connectivity index (χ4n) is 4.19. The molecule has 0 fully saturated rings. The molecule has 48 heavy (non-hydrogen) atoms. The van der Waals surface area contributed by atoms with Crippen LogP contribution in [-0.4, -0.2) is 51.5 Å². The Bertz CT molecular complexity index is 2120. The maximum Gasteiger partial charge on any atom is 0.335 e. The van der Waals surface area contributed by atoms with Gasteiger partial charge in [0.1, 0.15) is 21.9 Å². The van der Waals surface area contributed by atoms with Crippen LogP contribution in [0.5, 0.6) is 0 Å². The van der Waals surface area contributed by atoms with E-state index in [2.05, 4.69) is 15.6 Å². The molecule has 0 bridgehead atoms. The van der Waals surface area contributed by atoms with E-state index in [9.17, 15) is 41.9 Å². The molecule has 3 aromatic heterocycles. The summed E-state index contributed by atoms with van der Waals surface area (Å²) >= 11 is 0.680. The lowest BCUT2D eigenvalue weighted by Gasteiger charge is -2.16. The van der Waals surface area contributed by atoms with E-state index in [-0.39, 0.29) is 26.5 Å². The van der Waals surface area contributed by atoms with Crippen molar-refractivity contribution in [1.29, 1.82) is 0 Å². The number of carbonyl (C=O) groups is 3. The number of aliphatic carboxylic acids is 1. The van der Waals surface area contributed by atoms with Crippen molar-refractivity contribution >= 4 is 49.8 Å². The Morgan fingerprint density at radius 1 is 1.06 bits per heavy atom. The number of carboxylic acids is 1. The van der Waals surface area contributed by atoms with Gasteiger partial charge < -0.3 is 20.3 Å². The number of aromatic nitrogens is 3. The summed E-state index contributed by atoms with van der Waals surface area (Å²) in [6, 6.07) is 4.38. The number of aryl methyl sites for hydroxylation is 2. The maximum atomic E-state index is 15.0. The van der Waals surface area contributed by atoms with Crippen LogP contribution in [0.3, 0.4) is 0 Å². The SMILES string of the molecule is Cc1cn(C)c(=O)n(-c2ccc(C[C@H](NC(=O)c3cc(F)c(NS(=O)(=O)c4ccc(NC(=O)C(C)(C)C)s4)cc3F)C(=O)O)nc2)c1=O. The third kappa shape index (κ3) is 7.83. The molecule has 1 aromatic carbocycles. The van der Waals surface area contributed by atoms with Crippen molar-refractivity contribution in [1.82, 2.24) is 19.4 Å². The number of nitrogens with one attached hydrogen (secondary N) is 3. The minimum absolute atomic E-state index is 0.115. The van der Waals surface area contributed by atoms with E-state index in [1.165, 1.54) is 55.2 Å². The average Bonchev–Trinajstić information content (AvgIpc) is 3.47. The summed E-state index contributed by atoms with van der Waals surface area (Å²) in [4.78, 5) is 66.0. The van der Waals surface area contributed by atoms with Gasteiger partial charge in [-0.2, -0.15) is 0 Å². The molecule has 18 heteroatoms. The van der Waals surface area contributed by atoms with Crippen molar-refractivity contribution in [2.24, 2.45) is 12.5 Å². The molecule has 254 valence electrons. The van der Waals surface area contributed by atoms with Crippen LogP contribution >= 0.6 is 11.3 Å². The van der Waals surface area contributed by atoms with E-state index in [4.69, 9.17) is 0 Å². The zero-order valence-corrected chi connectivity index (χ0v) is 27.8. The molecule has 3 heterocycles. The first kappa shape index (κ1) is 35.6. The summed E-state index contributed by atoms with van der Waals surface area (Å²) in [5.74, 6) is -5.89. The Kier molecular flexibility index (Phi) is 10.0. The van der Waals surface area contributed by atoms with E-state index < -0.39 is 73.9 Å². The first-order chi connectivity index (χ1) is 22.3. The van der Waals surface area contributed by atoms with E-state index in [0.29, 0.717) is 29.0 Å². The van der Waals surface area contributed by atoms with Gasteiger partial charge in [0.2, 0.25) is 5.91 Å². The summed E-state index contributed by atoms with van der Waals surface area (Å²) in [7, 11) is -2.98. The van der Waals surface area contributed by atoms with Gasteiger partial charge in [-0.25, -0.2) is 31.4 Å². The fourth-order valence-corrected chi connectivity index (χ4v) is 6.45. The van der Waals surface area contributed by atoms with E-state index in [1.807, 2.05) is 4.72 Å². The van der Waals surface area contributed by atoms with Crippen molar-refractivity contribution in [2.45, 2.75) is 44.4 Å². The molecule has 4 rings (SSSR count). The predicted octanol–water partition coefficient (Wildman–Crippen LogP) is 2.79. The monoisotopic (exact) mass is 704 g/mol. The number of rotatable bonds is 10. The molecule has 0 spiro atoms. The zero-order chi connectivity index (χ0) is 35.7. The number of thiophene rings is 1. The summed E-state index contributed by atoms with van der Waals surface area (Å²) in [6.45, 7) is 6.52. The molecule has 0 saturated carbocycles. The predicted molar refractivity (Wildman–Crippen MR) is 172 cm³/mol. The van der Waals surface area contributed by atoms with Crippen LogP contribution in [0.15, 0.2) is 62.6 Å². The van der Waals surface area contributed by atoms with Crippen molar-refractivity contribution < 1.29 is 36.7 Å². The normalized spacial score (nSPS) is 12.3. The first-order valence-electron chi connectivity index (χ1n) is 14.0. The highest BCUT2D eigenvalue weighted by atomic mass is 32.2. The average molecular weight is 705 g/mol. The summed E-state index contributed by atoms with van der Waals surface area (Å²) in [6.07, 6.45) is 2.14. The lowest BCUT2D eigenvalue weighted by molar-refractivity contribution is -0.139. The van der Waals surface area contributed by atoms with Gasteiger partial charge >= 0.3 is 11.7 Å². The minimum atomic E-state index is -4.44. The summed E-state index contributed by atoms with van der Waals surface area (Å²) in [5, 5.41) is 14.6. The number of amides is 2. The molecule has 2 amide bonds. The first-order valence-corrected chi connectivity index (χ1v) is 16.3. The highest BCUT2D eigenvalue weighted by molar-refractivity contribution is 7.94. The molecule has 0 saturated heterocycles. The molecule has 0 aliphatic rings. The van der Waals surface area contributed by atoms with Crippen molar-refractivity contribution in [3.8, 4) is 5.69 Å². The Morgan fingerprint density at radius 3 is 2.35 bits per heavy atom. The third-order valence-corrected chi connectivity index (χ3v) is 9.67. The van der Waals surface area contributed by atoms with E-state index in [1.54, 1.807) is 20.8 Å². The molecule has 0 radical (unpaired) electrons. The number of sulfonamides is 1. The van der Waals surface area contributed by atoms with Crippen molar-refractivity contribution in [3.05, 3.63) is 98.1 Å². The van der Waals surface area contributed by atoms with Gasteiger partial charge in [-0.05, 0) is 37.3 Å². The number of benzene rings is 1. The standard InChI is InChI=1S/C30H30F2N6O8S2/c1-15-14-37(5)29(44)38(26(15)40)17-7-6-16(33-13-17)10-22(27(41)42)34-25(39)18-11-20(32)21(12-19(18)31)36-48(45,46)24-9-8-23(47-24)35-28(43)30(2,3)4/h6-9,11-14,22,36H,10H2,1-5H3,(H,34,39)(H,35,43)(H,41,42)/t22-/m0/s1. The third-order valence-electron chi connectivity index (χ3n) is 6.81. The molecule has 0 aliphatic carbocycles. The molecule has 0 unspecified atom stereocenters. The van der Waals surface area contributed by atoms with Crippen molar-refractivity contribution in [3.63, 3.8) is 0 Å².